The highest BCUT2D eigenvalue weighted by Gasteiger charge is 2.25. The summed E-state index contributed by atoms with van der Waals surface area (Å²) in [4.78, 5) is 20.1. The summed E-state index contributed by atoms with van der Waals surface area (Å²) in [5.74, 6) is -0.0956. The molecule has 1 aromatic heterocycles. The zero-order valence-electron chi connectivity index (χ0n) is 13.3. The summed E-state index contributed by atoms with van der Waals surface area (Å²) in [5, 5.41) is 0.435. The molecule has 116 valence electrons. The van der Waals surface area contributed by atoms with Crippen LogP contribution in [0.5, 0.6) is 0 Å². The van der Waals surface area contributed by atoms with Crippen LogP contribution in [0.3, 0.4) is 0 Å². The Morgan fingerprint density at radius 1 is 1.43 bits per heavy atom. The highest BCUT2D eigenvalue weighted by Crippen LogP contribution is 2.21. The van der Waals surface area contributed by atoms with Crippen LogP contribution in [-0.2, 0) is 11.3 Å². The number of carbonyl (C=O) groups excluding carboxylic acids is 1. The first-order valence-corrected chi connectivity index (χ1v) is 7.28. The lowest BCUT2D eigenvalue weighted by Gasteiger charge is -2.34. The van der Waals surface area contributed by atoms with E-state index in [4.69, 9.17) is 11.6 Å². The van der Waals surface area contributed by atoms with Crippen molar-refractivity contribution in [3.05, 3.63) is 41.7 Å². The molecule has 0 bridgehead atoms. The van der Waals surface area contributed by atoms with Gasteiger partial charge in [0.05, 0.1) is 0 Å². The van der Waals surface area contributed by atoms with Crippen LogP contribution in [-0.4, -0.2) is 47.9 Å². The van der Waals surface area contributed by atoms with Gasteiger partial charge in [0, 0.05) is 31.4 Å². The molecular weight excluding hydrogens is 286 g/mol. The van der Waals surface area contributed by atoms with Crippen LogP contribution in [0.25, 0.3) is 0 Å². The van der Waals surface area contributed by atoms with Gasteiger partial charge >= 0.3 is 0 Å². The topological polar surface area (TPSA) is 36.4 Å². The van der Waals surface area contributed by atoms with Crippen LogP contribution in [0.4, 0.5) is 0 Å². The fraction of sp³-hybridized carbons (Fsp3) is 0.500. The van der Waals surface area contributed by atoms with E-state index in [1.54, 1.807) is 11.1 Å². The molecule has 1 rings (SSSR count). The van der Waals surface area contributed by atoms with Crippen molar-refractivity contribution in [3.8, 4) is 0 Å². The molecule has 0 aromatic carbocycles. The predicted octanol–water partition coefficient (Wildman–Crippen LogP) is 2.84. The van der Waals surface area contributed by atoms with Gasteiger partial charge in [-0.05, 0) is 31.7 Å². The molecule has 5 heteroatoms. The Hall–Kier alpha value is -1.39. The maximum absolute atomic E-state index is 12.1. The van der Waals surface area contributed by atoms with E-state index in [-0.39, 0.29) is 11.3 Å². The molecule has 1 heterocycles. The molecule has 0 aliphatic rings. The van der Waals surface area contributed by atoms with Gasteiger partial charge in [0.1, 0.15) is 5.15 Å². The summed E-state index contributed by atoms with van der Waals surface area (Å²) in [6.45, 7) is 9.82. The van der Waals surface area contributed by atoms with Crippen molar-refractivity contribution in [2.24, 2.45) is 5.41 Å². The summed E-state index contributed by atoms with van der Waals surface area (Å²) >= 11 is 6.09. The van der Waals surface area contributed by atoms with Crippen LogP contribution >= 0.6 is 11.6 Å². The van der Waals surface area contributed by atoms with Crippen LogP contribution in [0.1, 0.15) is 19.4 Å². The Morgan fingerprint density at radius 3 is 2.62 bits per heavy atom. The second-order valence-electron chi connectivity index (χ2n) is 6.25. The maximum atomic E-state index is 12.1. The first kappa shape index (κ1) is 17.7. The Morgan fingerprint density at radius 2 is 2.10 bits per heavy atom. The van der Waals surface area contributed by atoms with Crippen molar-refractivity contribution in [2.75, 3.05) is 27.2 Å². The van der Waals surface area contributed by atoms with Gasteiger partial charge in [0.25, 0.3) is 0 Å². The average Bonchev–Trinajstić information content (AvgIpc) is 2.37. The molecule has 0 unspecified atom stereocenters. The number of pyridine rings is 1. The van der Waals surface area contributed by atoms with Gasteiger partial charge in [-0.3, -0.25) is 4.79 Å². The Bertz CT molecular complexity index is 500. The maximum Gasteiger partial charge on any atom is 0.246 e. The molecular formula is C16H24ClN3O. The van der Waals surface area contributed by atoms with Gasteiger partial charge in [-0.2, -0.15) is 0 Å². The number of carbonyl (C=O) groups is 1. The third kappa shape index (κ3) is 5.86. The molecule has 0 saturated carbocycles. The van der Waals surface area contributed by atoms with Gasteiger partial charge in [0.2, 0.25) is 5.91 Å². The van der Waals surface area contributed by atoms with Gasteiger partial charge < -0.3 is 9.80 Å². The molecule has 0 N–H and O–H groups in total. The van der Waals surface area contributed by atoms with E-state index in [0.29, 0.717) is 18.2 Å². The van der Waals surface area contributed by atoms with E-state index in [0.717, 1.165) is 12.1 Å². The van der Waals surface area contributed by atoms with Gasteiger partial charge in [-0.25, -0.2) is 4.98 Å². The van der Waals surface area contributed by atoms with Crippen molar-refractivity contribution in [2.45, 2.75) is 20.4 Å². The first-order valence-electron chi connectivity index (χ1n) is 6.90. The highest BCUT2D eigenvalue weighted by molar-refractivity contribution is 6.30. The fourth-order valence-electron chi connectivity index (χ4n) is 2.51. The second kappa shape index (κ2) is 7.57. The van der Waals surface area contributed by atoms with Crippen molar-refractivity contribution >= 4 is 17.5 Å². The van der Waals surface area contributed by atoms with Crippen LogP contribution in [0.2, 0.25) is 5.15 Å². The fourth-order valence-corrected chi connectivity index (χ4v) is 2.69. The number of hydrogen-bond donors (Lipinski definition) is 0. The molecule has 1 amide bonds. The summed E-state index contributed by atoms with van der Waals surface area (Å²) in [6, 6.07) is 3.71. The molecule has 0 spiro atoms. The number of amides is 1. The van der Waals surface area contributed by atoms with E-state index in [9.17, 15) is 4.79 Å². The minimum Gasteiger partial charge on any atom is -0.334 e. The van der Waals surface area contributed by atoms with E-state index in [2.05, 4.69) is 30.3 Å². The quantitative estimate of drug-likeness (QED) is 0.574. The zero-order valence-corrected chi connectivity index (χ0v) is 14.0. The van der Waals surface area contributed by atoms with Crippen LogP contribution in [0, 0.1) is 5.41 Å². The lowest BCUT2D eigenvalue weighted by Crippen LogP contribution is -2.42. The summed E-state index contributed by atoms with van der Waals surface area (Å²) in [6.07, 6.45) is 2.98. The molecule has 4 nitrogen and oxygen atoms in total. The van der Waals surface area contributed by atoms with Crippen LogP contribution in [0.15, 0.2) is 31.0 Å². The summed E-state index contributed by atoms with van der Waals surface area (Å²) < 4.78 is 0. The number of nitrogens with zero attached hydrogens (tertiary/aromatic N) is 3. The predicted molar refractivity (Wildman–Crippen MR) is 87.2 cm³/mol. The molecule has 1 aromatic rings. The minimum absolute atomic E-state index is 0.0309. The number of rotatable bonds is 7. The Kier molecular flexibility index (Phi) is 6.37. The molecule has 0 atom stereocenters. The van der Waals surface area contributed by atoms with Crippen LogP contribution < -0.4 is 0 Å². The van der Waals surface area contributed by atoms with Crippen molar-refractivity contribution in [1.82, 2.24) is 14.8 Å². The molecule has 0 radical (unpaired) electrons. The normalized spacial score (nSPS) is 11.5. The average molecular weight is 310 g/mol. The lowest BCUT2D eigenvalue weighted by atomic mass is 9.92. The minimum atomic E-state index is -0.0956. The first-order chi connectivity index (χ1) is 9.75. The molecule has 0 aliphatic carbocycles. The number of hydrogen-bond acceptors (Lipinski definition) is 3. The molecule has 0 saturated heterocycles. The smallest absolute Gasteiger partial charge is 0.246 e. The Balaban J connectivity index is 2.89. The second-order valence-corrected chi connectivity index (χ2v) is 6.61. The summed E-state index contributed by atoms with van der Waals surface area (Å²) in [7, 11) is 4.05. The third-order valence-corrected chi connectivity index (χ3v) is 3.39. The van der Waals surface area contributed by atoms with Gasteiger partial charge in [-0.1, -0.05) is 38.1 Å². The van der Waals surface area contributed by atoms with Gasteiger partial charge in [-0.15, -0.1) is 0 Å². The molecule has 0 aliphatic heterocycles. The van der Waals surface area contributed by atoms with Gasteiger partial charge in [0.15, 0.2) is 0 Å². The van der Waals surface area contributed by atoms with E-state index in [1.165, 1.54) is 6.08 Å². The number of aromatic nitrogens is 1. The van der Waals surface area contributed by atoms with E-state index < -0.39 is 0 Å². The lowest BCUT2D eigenvalue weighted by molar-refractivity contribution is -0.128. The van der Waals surface area contributed by atoms with E-state index >= 15 is 0 Å². The monoisotopic (exact) mass is 309 g/mol. The summed E-state index contributed by atoms with van der Waals surface area (Å²) in [5.41, 5.74) is 0.812. The standard InChI is InChI=1S/C16H24ClN3O/c1-6-14(21)20(12-16(2,3)11-19(4)5)10-13-8-7-9-18-15(13)17/h6-9H,1,10-12H2,2-5H3. The van der Waals surface area contributed by atoms with E-state index in [1.807, 2.05) is 26.2 Å². The number of halogens is 1. The molecule has 21 heavy (non-hydrogen) atoms. The van der Waals surface area contributed by atoms with Crippen molar-refractivity contribution in [3.63, 3.8) is 0 Å². The van der Waals surface area contributed by atoms with Crippen molar-refractivity contribution < 1.29 is 4.79 Å². The highest BCUT2D eigenvalue weighted by atomic mass is 35.5. The Labute approximate surface area is 132 Å². The molecule has 0 fully saturated rings. The largest absolute Gasteiger partial charge is 0.334 e. The SMILES string of the molecule is C=CC(=O)N(Cc1cccnc1Cl)CC(C)(C)CN(C)C. The van der Waals surface area contributed by atoms with Crippen molar-refractivity contribution in [1.29, 1.82) is 0 Å². The third-order valence-electron chi connectivity index (χ3n) is 3.05. The zero-order chi connectivity index (χ0) is 16.0.